The topological polar surface area (TPSA) is 47.0 Å². The number of aromatic nitrogens is 1. The van der Waals surface area contributed by atoms with Gasteiger partial charge in [0.2, 0.25) is 9.84 Å². The molecule has 1 heterocycles. The molecule has 0 bridgehead atoms. The maximum atomic E-state index is 13.4. The Kier molecular flexibility index (Phi) is 5.06. The number of hydrogen-bond acceptors (Lipinski definition) is 3. The van der Waals surface area contributed by atoms with E-state index in [1.807, 2.05) is 0 Å². The smallest absolute Gasteiger partial charge is 0.208 e. The number of nitrogens with zero attached hydrogens (tertiary/aromatic N) is 1. The first-order valence-electron chi connectivity index (χ1n) is 8.22. The third-order valence-corrected chi connectivity index (χ3v) is 6.95. The maximum Gasteiger partial charge on any atom is 0.208 e. The Bertz CT molecular complexity index is 1290. The Morgan fingerprint density at radius 1 is 0.750 bits per heavy atom. The zero-order valence-corrected chi connectivity index (χ0v) is 17.3. The standard InChI is InChI=1S/C21H12Cl3NO2S/c22-14-6-4-13(5-7-14)20-17-2-1-3-18(24)21(17)25-12-19(20)28(26,27)16-10-8-15(23)9-11-16/h1-12H. The van der Waals surface area contributed by atoms with E-state index in [0.717, 1.165) is 0 Å². The van der Waals surface area contributed by atoms with Crippen molar-refractivity contribution in [2.24, 2.45) is 0 Å². The molecule has 0 saturated heterocycles. The second kappa shape index (κ2) is 7.37. The third kappa shape index (κ3) is 3.38. The summed E-state index contributed by atoms with van der Waals surface area (Å²) < 4.78 is 26.8. The Balaban J connectivity index is 2.07. The first kappa shape index (κ1) is 19.2. The normalized spacial score (nSPS) is 11.7. The Labute approximate surface area is 177 Å². The molecule has 0 saturated carbocycles. The van der Waals surface area contributed by atoms with Crippen LogP contribution in [0.15, 0.2) is 82.7 Å². The van der Waals surface area contributed by atoms with Crippen molar-refractivity contribution < 1.29 is 8.42 Å². The van der Waals surface area contributed by atoms with Gasteiger partial charge in [0.25, 0.3) is 0 Å². The van der Waals surface area contributed by atoms with Gasteiger partial charge in [0, 0.05) is 27.2 Å². The fourth-order valence-electron chi connectivity index (χ4n) is 3.03. The van der Waals surface area contributed by atoms with Crippen LogP contribution in [0.2, 0.25) is 15.1 Å². The maximum absolute atomic E-state index is 13.4. The third-order valence-electron chi connectivity index (χ3n) is 4.36. The van der Waals surface area contributed by atoms with Gasteiger partial charge in [0.1, 0.15) is 0 Å². The van der Waals surface area contributed by atoms with Crippen molar-refractivity contribution in [3.8, 4) is 11.1 Å². The van der Waals surface area contributed by atoms with E-state index in [-0.39, 0.29) is 9.79 Å². The van der Waals surface area contributed by atoms with Gasteiger partial charge in [-0.3, -0.25) is 4.98 Å². The molecular formula is C21H12Cl3NO2S. The highest BCUT2D eigenvalue weighted by atomic mass is 35.5. The molecule has 1 aromatic heterocycles. The molecule has 0 spiro atoms. The lowest BCUT2D eigenvalue weighted by Crippen LogP contribution is -2.05. The summed E-state index contributed by atoms with van der Waals surface area (Å²) in [7, 11) is -3.85. The molecule has 0 amide bonds. The van der Waals surface area contributed by atoms with Crippen molar-refractivity contribution in [2.75, 3.05) is 0 Å². The summed E-state index contributed by atoms with van der Waals surface area (Å²) in [5, 5.41) is 2.11. The summed E-state index contributed by atoms with van der Waals surface area (Å²) in [5.74, 6) is 0. The van der Waals surface area contributed by atoms with Crippen LogP contribution in [0.4, 0.5) is 0 Å². The molecule has 3 nitrogen and oxygen atoms in total. The predicted octanol–water partition coefficient (Wildman–Crippen LogP) is 6.69. The fraction of sp³-hybridized carbons (Fsp3) is 0. The molecule has 0 atom stereocenters. The zero-order valence-electron chi connectivity index (χ0n) is 14.2. The molecule has 4 rings (SSSR count). The number of rotatable bonds is 3. The van der Waals surface area contributed by atoms with Gasteiger partial charge in [-0.05, 0) is 48.0 Å². The van der Waals surface area contributed by atoms with Crippen molar-refractivity contribution >= 4 is 55.5 Å². The second-order valence-corrected chi connectivity index (χ2v) is 9.30. The van der Waals surface area contributed by atoms with E-state index >= 15 is 0 Å². The van der Waals surface area contributed by atoms with E-state index in [1.165, 1.54) is 18.3 Å². The number of sulfone groups is 1. The molecule has 0 fully saturated rings. The van der Waals surface area contributed by atoms with Crippen LogP contribution in [0, 0.1) is 0 Å². The number of benzene rings is 3. The van der Waals surface area contributed by atoms with E-state index in [0.29, 0.717) is 37.1 Å². The molecule has 0 N–H and O–H groups in total. The fourth-order valence-corrected chi connectivity index (χ4v) is 4.94. The lowest BCUT2D eigenvalue weighted by Gasteiger charge is -2.14. The molecule has 140 valence electrons. The highest BCUT2D eigenvalue weighted by molar-refractivity contribution is 7.91. The predicted molar refractivity (Wildman–Crippen MR) is 114 cm³/mol. The van der Waals surface area contributed by atoms with Gasteiger partial charge in [-0.1, -0.05) is 59.1 Å². The van der Waals surface area contributed by atoms with Gasteiger partial charge in [0.05, 0.1) is 20.3 Å². The van der Waals surface area contributed by atoms with Crippen LogP contribution in [-0.2, 0) is 9.84 Å². The van der Waals surface area contributed by atoms with Crippen LogP contribution in [0.5, 0.6) is 0 Å². The van der Waals surface area contributed by atoms with E-state index < -0.39 is 9.84 Å². The van der Waals surface area contributed by atoms with Gasteiger partial charge < -0.3 is 0 Å². The lowest BCUT2D eigenvalue weighted by atomic mass is 10.0. The Hall–Kier alpha value is -2.11. The minimum atomic E-state index is -3.85. The van der Waals surface area contributed by atoms with E-state index in [2.05, 4.69) is 4.98 Å². The van der Waals surface area contributed by atoms with Crippen molar-refractivity contribution in [1.29, 1.82) is 0 Å². The average molecular weight is 449 g/mol. The van der Waals surface area contributed by atoms with E-state index in [1.54, 1.807) is 54.6 Å². The summed E-state index contributed by atoms with van der Waals surface area (Å²) in [6.45, 7) is 0. The number of para-hydroxylation sites is 1. The first-order chi connectivity index (χ1) is 13.4. The summed E-state index contributed by atoms with van der Waals surface area (Å²) in [4.78, 5) is 4.55. The monoisotopic (exact) mass is 447 g/mol. The van der Waals surface area contributed by atoms with Gasteiger partial charge in [-0.25, -0.2) is 8.42 Å². The first-order valence-corrected chi connectivity index (χ1v) is 10.8. The van der Waals surface area contributed by atoms with Crippen LogP contribution < -0.4 is 0 Å². The molecule has 7 heteroatoms. The molecule has 28 heavy (non-hydrogen) atoms. The SMILES string of the molecule is O=S(=O)(c1ccc(Cl)cc1)c1cnc2c(Cl)cccc2c1-c1ccc(Cl)cc1. The minimum Gasteiger partial charge on any atom is -0.253 e. The van der Waals surface area contributed by atoms with Crippen molar-refractivity contribution in [3.63, 3.8) is 0 Å². The Morgan fingerprint density at radius 2 is 1.36 bits per heavy atom. The summed E-state index contributed by atoms with van der Waals surface area (Å²) in [5.41, 5.74) is 1.76. The highest BCUT2D eigenvalue weighted by Gasteiger charge is 2.25. The van der Waals surface area contributed by atoms with Crippen LogP contribution in [-0.4, -0.2) is 13.4 Å². The van der Waals surface area contributed by atoms with Crippen LogP contribution in [0.1, 0.15) is 0 Å². The summed E-state index contributed by atoms with van der Waals surface area (Å²) >= 11 is 18.2. The number of pyridine rings is 1. The van der Waals surface area contributed by atoms with Crippen LogP contribution in [0.3, 0.4) is 0 Å². The van der Waals surface area contributed by atoms with Crippen molar-refractivity contribution in [1.82, 2.24) is 4.98 Å². The zero-order chi connectivity index (χ0) is 19.9. The van der Waals surface area contributed by atoms with Crippen molar-refractivity contribution in [3.05, 3.63) is 88.0 Å². The summed E-state index contributed by atoms with van der Waals surface area (Å²) in [6, 6.07) is 18.3. The van der Waals surface area contributed by atoms with E-state index in [4.69, 9.17) is 34.8 Å². The number of halogens is 3. The largest absolute Gasteiger partial charge is 0.253 e. The second-order valence-electron chi connectivity index (χ2n) is 6.10. The molecular weight excluding hydrogens is 437 g/mol. The molecule has 3 aromatic carbocycles. The van der Waals surface area contributed by atoms with Gasteiger partial charge in [-0.2, -0.15) is 0 Å². The quantitative estimate of drug-likeness (QED) is 0.350. The highest BCUT2D eigenvalue weighted by Crippen LogP contribution is 2.38. The molecule has 0 radical (unpaired) electrons. The molecule has 0 aliphatic rings. The Morgan fingerprint density at radius 3 is 2.00 bits per heavy atom. The molecule has 0 unspecified atom stereocenters. The lowest BCUT2D eigenvalue weighted by molar-refractivity contribution is 0.596. The van der Waals surface area contributed by atoms with Crippen molar-refractivity contribution in [2.45, 2.75) is 9.79 Å². The molecule has 0 aliphatic heterocycles. The van der Waals surface area contributed by atoms with Crippen LogP contribution >= 0.6 is 34.8 Å². The number of hydrogen-bond donors (Lipinski definition) is 0. The van der Waals surface area contributed by atoms with Gasteiger partial charge in [0.15, 0.2) is 0 Å². The summed E-state index contributed by atoms with van der Waals surface area (Å²) in [6.07, 6.45) is 1.35. The van der Waals surface area contributed by atoms with Crippen LogP contribution in [0.25, 0.3) is 22.0 Å². The molecule has 4 aromatic rings. The number of fused-ring (bicyclic) bond motifs is 1. The average Bonchev–Trinajstić information content (AvgIpc) is 2.68. The van der Waals surface area contributed by atoms with E-state index in [9.17, 15) is 8.42 Å². The molecule has 0 aliphatic carbocycles. The minimum absolute atomic E-state index is 0.0897. The van der Waals surface area contributed by atoms with Gasteiger partial charge in [-0.15, -0.1) is 0 Å². The van der Waals surface area contributed by atoms with Gasteiger partial charge >= 0.3 is 0 Å².